The normalized spacial score (nSPS) is 12.1. The largest absolute Gasteiger partial charge is 0.346 e. The van der Waals surface area contributed by atoms with Crippen molar-refractivity contribution in [1.29, 1.82) is 0 Å². The van der Waals surface area contributed by atoms with E-state index in [2.05, 4.69) is 78.6 Å². The SMILES string of the molecule is CC(C)(C)NCc1cccn1Cc1csc2ccccc12. The summed E-state index contributed by atoms with van der Waals surface area (Å²) in [6.07, 6.45) is 2.17. The summed E-state index contributed by atoms with van der Waals surface area (Å²) in [5.74, 6) is 0. The van der Waals surface area contributed by atoms with Gasteiger partial charge in [0.25, 0.3) is 0 Å². The molecule has 0 aliphatic rings. The monoisotopic (exact) mass is 298 g/mol. The van der Waals surface area contributed by atoms with Crippen molar-refractivity contribution in [1.82, 2.24) is 9.88 Å². The van der Waals surface area contributed by atoms with Crippen LogP contribution in [0, 0.1) is 0 Å². The van der Waals surface area contributed by atoms with Crippen molar-refractivity contribution in [2.24, 2.45) is 0 Å². The summed E-state index contributed by atoms with van der Waals surface area (Å²) < 4.78 is 3.71. The molecule has 0 unspecified atom stereocenters. The van der Waals surface area contributed by atoms with Crippen molar-refractivity contribution in [3.8, 4) is 0 Å². The van der Waals surface area contributed by atoms with Crippen LogP contribution in [0.5, 0.6) is 0 Å². The molecule has 0 saturated heterocycles. The van der Waals surface area contributed by atoms with E-state index >= 15 is 0 Å². The highest BCUT2D eigenvalue weighted by molar-refractivity contribution is 7.17. The van der Waals surface area contributed by atoms with Crippen LogP contribution in [0.15, 0.2) is 48.0 Å². The van der Waals surface area contributed by atoms with E-state index in [4.69, 9.17) is 0 Å². The van der Waals surface area contributed by atoms with Crippen LogP contribution in [0.1, 0.15) is 32.0 Å². The molecule has 0 aliphatic carbocycles. The van der Waals surface area contributed by atoms with E-state index in [1.165, 1.54) is 21.3 Å². The van der Waals surface area contributed by atoms with Gasteiger partial charge in [0.05, 0.1) is 0 Å². The summed E-state index contributed by atoms with van der Waals surface area (Å²) in [7, 11) is 0. The predicted molar refractivity (Wildman–Crippen MR) is 92.0 cm³/mol. The van der Waals surface area contributed by atoms with Crippen LogP contribution in [-0.2, 0) is 13.1 Å². The molecule has 0 bridgehead atoms. The second kappa shape index (κ2) is 5.66. The lowest BCUT2D eigenvalue weighted by Gasteiger charge is -2.21. The molecular weight excluding hydrogens is 276 g/mol. The Morgan fingerprint density at radius 1 is 1.10 bits per heavy atom. The van der Waals surface area contributed by atoms with Crippen molar-refractivity contribution >= 4 is 21.4 Å². The Labute approximate surface area is 130 Å². The van der Waals surface area contributed by atoms with Gasteiger partial charge in [-0.3, -0.25) is 0 Å². The standard InChI is InChI=1S/C18H22N2S/c1-18(2,3)19-11-15-7-6-10-20(15)12-14-13-21-17-9-5-4-8-16(14)17/h4-10,13,19H,11-12H2,1-3H3. The second-order valence-electron chi connectivity index (χ2n) is 6.49. The third kappa shape index (κ3) is 3.36. The maximum Gasteiger partial charge on any atom is 0.0487 e. The molecule has 110 valence electrons. The van der Waals surface area contributed by atoms with Crippen LogP contribution in [-0.4, -0.2) is 10.1 Å². The van der Waals surface area contributed by atoms with Gasteiger partial charge in [-0.05, 0) is 55.3 Å². The molecule has 3 heteroatoms. The summed E-state index contributed by atoms with van der Waals surface area (Å²) in [6.45, 7) is 8.45. The minimum atomic E-state index is 0.143. The smallest absolute Gasteiger partial charge is 0.0487 e. The second-order valence-corrected chi connectivity index (χ2v) is 7.40. The number of hydrogen-bond acceptors (Lipinski definition) is 2. The van der Waals surface area contributed by atoms with Crippen molar-refractivity contribution in [3.05, 3.63) is 59.2 Å². The summed E-state index contributed by atoms with van der Waals surface area (Å²) >= 11 is 1.83. The average molecular weight is 298 g/mol. The maximum absolute atomic E-state index is 3.56. The molecule has 0 spiro atoms. The highest BCUT2D eigenvalue weighted by Crippen LogP contribution is 2.26. The number of benzene rings is 1. The minimum Gasteiger partial charge on any atom is -0.346 e. The Morgan fingerprint density at radius 2 is 1.90 bits per heavy atom. The van der Waals surface area contributed by atoms with Gasteiger partial charge < -0.3 is 9.88 Å². The predicted octanol–water partition coefficient (Wildman–Crippen LogP) is 4.64. The molecule has 2 nitrogen and oxygen atoms in total. The Bertz CT molecular complexity index is 731. The number of rotatable bonds is 4. The van der Waals surface area contributed by atoms with Crippen molar-refractivity contribution in [2.45, 2.75) is 39.4 Å². The van der Waals surface area contributed by atoms with Gasteiger partial charge in [0.2, 0.25) is 0 Å². The summed E-state index contributed by atoms with van der Waals surface area (Å²) in [5.41, 5.74) is 2.88. The average Bonchev–Trinajstić information content (AvgIpc) is 3.04. The van der Waals surface area contributed by atoms with E-state index in [1.54, 1.807) is 0 Å². The highest BCUT2D eigenvalue weighted by atomic mass is 32.1. The molecule has 0 saturated carbocycles. The lowest BCUT2D eigenvalue weighted by Crippen LogP contribution is -2.35. The molecule has 1 aromatic carbocycles. The fraction of sp³-hybridized carbons (Fsp3) is 0.333. The van der Waals surface area contributed by atoms with Gasteiger partial charge in [0.15, 0.2) is 0 Å². The van der Waals surface area contributed by atoms with Crippen LogP contribution >= 0.6 is 11.3 Å². The van der Waals surface area contributed by atoms with E-state index in [9.17, 15) is 0 Å². The number of thiophene rings is 1. The fourth-order valence-electron chi connectivity index (χ4n) is 2.46. The molecule has 3 aromatic rings. The number of nitrogens with one attached hydrogen (secondary N) is 1. The molecule has 0 radical (unpaired) electrons. The van der Waals surface area contributed by atoms with Crippen LogP contribution < -0.4 is 5.32 Å². The van der Waals surface area contributed by atoms with Crippen LogP contribution in [0.2, 0.25) is 0 Å². The van der Waals surface area contributed by atoms with Crippen molar-refractivity contribution < 1.29 is 0 Å². The first kappa shape index (κ1) is 14.4. The van der Waals surface area contributed by atoms with Crippen molar-refractivity contribution in [3.63, 3.8) is 0 Å². The molecule has 0 fully saturated rings. The molecule has 0 atom stereocenters. The maximum atomic E-state index is 3.56. The zero-order valence-corrected chi connectivity index (χ0v) is 13.7. The lowest BCUT2D eigenvalue weighted by molar-refractivity contribution is 0.417. The quantitative estimate of drug-likeness (QED) is 0.742. The van der Waals surface area contributed by atoms with Gasteiger partial charge in [-0.25, -0.2) is 0 Å². The van der Waals surface area contributed by atoms with E-state index in [0.717, 1.165) is 13.1 Å². The number of fused-ring (bicyclic) bond motifs is 1. The minimum absolute atomic E-state index is 0.143. The highest BCUT2D eigenvalue weighted by Gasteiger charge is 2.11. The zero-order valence-electron chi connectivity index (χ0n) is 12.9. The summed E-state index contributed by atoms with van der Waals surface area (Å²) in [5, 5.41) is 7.23. The Hall–Kier alpha value is -1.58. The summed E-state index contributed by atoms with van der Waals surface area (Å²) in [6, 6.07) is 13.0. The third-order valence-electron chi connectivity index (χ3n) is 3.63. The van der Waals surface area contributed by atoms with Crippen LogP contribution in [0.25, 0.3) is 10.1 Å². The lowest BCUT2D eigenvalue weighted by atomic mass is 10.1. The molecule has 0 aliphatic heterocycles. The third-order valence-corrected chi connectivity index (χ3v) is 4.64. The molecule has 2 heterocycles. The van der Waals surface area contributed by atoms with E-state index in [1.807, 2.05) is 11.3 Å². The Kier molecular flexibility index (Phi) is 3.87. The zero-order chi connectivity index (χ0) is 14.9. The van der Waals surface area contributed by atoms with Crippen LogP contribution in [0.4, 0.5) is 0 Å². The Balaban J connectivity index is 1.81. The first-order chi connectivity index (χ1) is 10.0. The topological polar surface area (TPSA) is 17.0 Å². The summed E-state index contributed by atoms with van der Waals surface area (Å²) in [4.78, 5) is 0. The fourth-order valence-corrected chi connectivity index (χ4v) is 3.41. The van der Waals surface area contributed by atoms with Gasteiger partial charge >= 0.3 is 0 Å². The molecule has 1 N–H and O–H groups in total. The first-order valence-electron chi connectivity index (χ1n) is 7.37. The molecule has 3 rings (SSSR count). The van der Waals surface area contributed by atoms with E-state index < -0.39 is 0 Å². The molecular formula is C18H22N2S. The van der Waals surface area contributed by atoms with Crippen LogP contribution in [0.3, 0.4) is 0 Å². The van der Waals surface area contributed by atoms with Gasteiger partial charge in [-0.1, -0.05) is 18.2 Å². The van der Waals surface area contributed by atoms with Gasteiger partial charge in [0.1, 0.15) is 0 Å². The molecule has 2 aromatic heterocycles. The molecule has 0 amide bonds. The number of nitrogens with zero attached hydrogens (tertiary/aromatic N) is 1. The number of hydrogen-bond donors (Lipinski definition) is 1. The number of aromatic nitrogens is 1. The van der Waals surface area contributed by atoms with Gasteiger partial charge in [-0.15, -0.1) is 11.3 Å². The van der Waals surface area contributed by atoms with Crippen molar-refractivity contribution in [2.75, 3.05) is 0 Å². The van der Waals surface area contributed by atoms with E-state index in [-0.39, 0.29) is 5.54 Å². The molecule has 21 heavy (non-hydrogen) atoms. The first-order valence-corrected chi connectivity index (χ1v) is 8.25. The van der Waals surface area contributed by atoms with Gasteiger partial charge in [-0.2, -0.15) is 0 Å². The van der Waals surface area contributed by atoms with Gasteiger partial charge in [0, 0.05) is 35.2 Å². The van der Waals surface area contributed by atoms with E-state index in [0.29, 0.717) is 0 Å². The Morgan fingerprint density at radius 3 is 2.71 bits per heavy atom.